The molecule has 0 aromatic heterocycles. The quantitative estimate of drug-likeness (QED) is 0.225. The van der Waals surface area contributed by atoms with Crippen molar-refractivity contribution in [2.75, 3.05) is 23.7 Å². The van der Waals surface area contributed by atoms with Crippen LogP contribution in [0.3, 0.4) is 0 Å². The molecule has 0 saturated carbocycles. The van der Waals surface area contributed by atoms with Gasteiger partial charge in [-0.15, -0.1) is 0 Å². The second-order valence-corrected chi connectivity index (χ2v) is 9.57. The molecule has 0 aliphatic rings. The summed E-state index contributed by atoms with van der Waals surface area (Å²) < 4.78 is 0. The molecule has 6 nitrogen and oxygen atoms in total. The van der Waals surface area contributed by atoms with E-state index in [1.807, 2.05) is 60.7 Å². The molecular formula is C30H28Cl2N4O2. The van der Waals surface area contributed by atoms with E-state index in [-0.39, 0.29) is 12.1 Å². The Bertz CT molecular complexity index is 1250. The molecule has 0 bridgehead atoms. The maximum Gasteiger partial charge on any atom is 0.322 e. The number of halogens is 2. The summed E-state index contributed by atoms with van der Waals surface area (Å²) in [5, 5.41) is 6.90. The third-order valence-electron chi connectivity index (χ3n) is 5.80. The molecule has 0 aliphatic heterocycles. The molecule has 0 saturated heterocycles. The largest absolute Gasteiger partial charge is 0.322 e. The Labute approximate surface area is 232 Å². The summed E-state index contributed by atoms with van der Waals surface area (Å²) in [4.78, 5) is 30.0. The molecule has 194 valence electrons. The molecule has 2 N–H and O–H groups in total. The fourth-order valence-electron chi connectivity index (χ4n) is 3.89. The smallest absolute Gasteiger partial charge is 0.318 e. The van der Waals surface area contributed by atoms with E-state index in [4.69, 9.17) is 23.2 Å². The SMILES string of the molecule is O=C(Nc1cccc(Cl)c1)N(CCN(Cc1ccccc1)C(=O)Nc1cccc(Cl)c1)Cc1ccccc1. The highest BCUT2D eigenvalue weighted by Gasteiger charge is 2.20. The van der Waals surface area contributed by atoms with Crippen LogP contribution in [0, 0.1) is 0 Å². The minimum absolute atomic E-state index is 0.286. The van der Waals surface area contributed by atoms with Crippen molar-refractivity contribution in [1.82, 2.24) is 9.80 Å². The summed E-state index contributed by atoms with van der Waals surface area (Å²) in [5.41, 5.74) is 3.15. The normalized spacial score (nSPS) is 10.5. The van der Waals surface area contributed by atoms with Gasteiger partial charge in [0.15, 0.2) is 0 Å². The lowest BCUT2D eigenvalue weighted by Gasteiger charge is -2.28. The second-order valence-electron chi connectivity index (χ2n) is 8.70. The first-order chi connectivity index (χ1) is 18.5. The zero-order valence-corrected chi connectivity index (χ0v) is 22.2. The van der Waals surface area contributed by atoms with Crippen LogP contribution >= 0.6 is 23.2 Å². The molecule has 4 aromatic rings. The molecular weight excluding hydrogens is 519 g/mol. The first-order valence-corrected chi connectivity index (χ1v) is 12.9. The zero-order chi connectivity index (χ0) is 26.7. The summed E-state index contributed by atoms with van der Waals surface area (Å²) in [6.07, 6.45) is 0. The number of carbonyl (C=O) groups is 2. The van der Waals surface area contributed by atoms with Crippen LogP contribution < -0.4 is 10.6 Å². The lowest BCUT2D eigenvalue weighted by Crippen LogP contribution is -2.43. The minimum atomic E-state index is -0.286. The molecule has 0 heterocycles. The Morgan fingerprint density at radius 1 is 0.553 bits per heavy atom. The van der Waals surface area contributed by atoms with Crippen molar-refractivity contribution >= 4 is 46.6 Å². The van der Waals surface area contributed by atoms with E-state index in [1.165, 1.54) is 0 Å². The van der Waals surface area contributed by atoms with Crippen LogP contribution in [0.25, 0.3) is 0 Å². The van der Waals surface area contributed by atoms with Crippen molar-refractivity contribution in [2.24, 2.45) is 0 Å². The molecule has 4 rings (SSSR count). The molecule has 0 aliphatic carbocycles. The number of hydrogen-bond acceptors (Lipinski definition) is 2. The van der Waals surface area contributed by atoms with E-state index in [9.17, 15) is 9.59 Å². The summed E-state index contributed by atoms with van der Waals surface area (Å²) in [5.74, 6) is 0. The maximum atomic E-state index is 13.3. The fourth-order valence-corrected chi connectivity index (χ4v) is 4.27. The van der Waals surface area contributed by atoms with Crippen molar-refractivity contribution in [2.45, 2.75) is 13.1 Å². The Kier molecular flexibility index (Phi) is 9.62. The van der Waals surface area contributed by atoms with Crippen molar-refractivity contribution in [1.29, 1.82) is 0 Å². The highest BCUT2D eigenvalue weighted by atomic mass is 35.5. The van der Waals surface area contributed by atoms with Crippen LogP contribution in [-0.2, 0) is 13.1 Å². The fraction of sp³-hybridized carbons (Fsp3) is 0.133. The molecule has 4 amide bonds. The predicted molar refractivity (Wildman–Crippen MR) is 155 cm³/mol. The lowest BCUT2D eigenvalue weighted by molar-refractivity contribution is 0.185. The van der Waals surface area contributed by atoms with Gasteiger partial charge in [-0.2, -0.15) is 0 Å². The Morgan fingerprint density at radius 3 is 1.32 bits per heavy atom. The standard InChI is InChI=1S/C30H28Cl2N4O2/c31-25-13-7-15-27(19-25)33-29(37)35(21-23-9-3-1-4-10-23)17-18-36(22-24-11-5-2-6-12-24)30(38)34-28-16-8-14-26(32)20-28/h1-16,19-20H,17-18,21-22H2,(H,33,37)(H,34,38). The van der Waals surface area contributed by atoms with Crippen LogP contribution in [0.1, 0.15) is 11.1 Å². The van der Waals surface area contributed by atoms with Gasteiger partial charge in [0.25, 0.3) is 0 Å². The number of nitrogens with one attached hydrogen (secondary N) is 2. The molecule has 0 fully saturated rings. The monoisotopic (exact) mass is 546 g/mol. The van der Waals surface area contributed by atoms with Crippen LogP contribution in [0.4, 0.5) is 21.0 Å². The molecule has 0 unspecified atom stereocenters. The van der Waals surface area contributed by atoms with Crippen molar-refractivity contribution < 1.29 is 9.59 Å². The van der Waals surface area contributed by atoms with Gasteiger partial charge < -0.3 is 20.4 Å². The number of nitrogens with zero attached hydrogens (tertiary/aromatic N) is 2. The van der Waals surface area contributed by atoms with Crippen LogP contribution in [0.15, 0.2) is 109 Å². The van der Waals surface area contributed by atoms with Crippen molar-refractivity contribution in [3.63, 3.8) is 0 Å². The molecule has 0 radical (unpaired) electrons. The van der Waals surface area contributed by atoms with Crippen LogP contribution in [-0.4, -0.2) is 35.0 Å². The number of urea groups is 2. The summed E-state index contributed by atoms with van der Waals surface area (Å²) in [7, 11) is 0. The van der Waals surface area contributed by atoms with Gasteiger partial charge in [0.05, 0.1) is 0 Å². The van der Waals surface area contributed by atoms with E-state index >= 15 is 0 Å². The van der Waals surface area contributed by atoms with E-state index in [0.717, 1.165) is 11.1 Å². The lowest BCUT2D eigenvalue weighted by atomic mass is 10.2. The zero-order valence-electron chi connectivity index (χ0n) is 20.7. The number of rotatable bonds is 9. The van der Waals surface area contributed by atoms with Gasteiger partial charge in [-0.25, -0.2) is 9.59 Å². The summed E-state index contributed by atoms with van der Waals surface area (Å²) >= 11 is 12.2. The number of amides is 4. The number of hydrogen-bond donors (Lipinski definition) is 2. The predicted octanol–water partition coefficient (Wildman–Crippen LogP) is 7.76. The highest BCUT2D eigenvalue weighted by molar-refractivity contribution is 6.31. The van der Waals surface area contributed by atoms with Crippen LogP contribution in [0.2, 0.25) is 10.0 Å². The first-order valence-electron chi connectivity index (χ1n) is 12.2. The number of anilines is 2. The van der Waals surface area contributed by atoms with Gasteiger partial charge >= 0.3 is 12.1 Å². The molecule has 4 aromatic carbocycles. The van der Waals surface area contributed by atoms with Gasteiger partial charge in [0.2, 0.25) is 0 Å². The van der Waals surface area contributed by atoms with E-state index in [0.29, 0.717) is 47.6 Å². The van der Waals surface area contributed by atoms with Gasteiger partial charge in [-0.3, -0.25) is 0 Å². The van der Waals surface area contributed by atoms with E-state index in [1.54, 1.807) is 58.3 Å². The van der Waals surface area contributed by atoms with Crippen LogP contribution in [0.5, 0.6) is 0 Å². The topological polar surface area (TPSA) is 64.7 Å². The number of carbonyl (C=O) groups excluding carboxylic acids is 2. The van der Waals surface area contributed by atoms with E-state index < -0.39 is 0 Å². The maximum absolute atomic E-state index is 13.3. The second kappa shape index (κ2) is 13.5. The Hall–Kier alpha value is -4.00. The third-order valence-corrected chi connectivity index (χ3v) is 6.27. The van der Waals surface area contributed by atoms with Gasteiger partial charge in [0.1, 0.15) is 0 Å². The molecule has 0 atom stereocenters. The van der Waals surface area contributed by atoms with E-state index in [2.05, 4.69) is 10.6 Å². The first kappa shape index (κ1) is 27.0. The average Bonchev–Trinajstić information content (AvgIpc) is 2.91. The van der Waals surface area contributed by atoms with Gasteiger partial charge in [0, 0.05) is 47.6 Å². The van der Waals surface area contributed by atoms with Crippen molar-refractivity contribution in [3.8, 4) is 0 Å². The third kappa shape index (κ3) is 8.26. The summed E-state index contributed by atoms with van der Waals surface area (Å²) in [6.45, 7) is 1.36. The summed E-state index contributed by atoms with van der Waals surface area (Å²) in [6, 6.07) is 32.9. The molecule has 38 heavy (non-hydrogen) atoms. The molecule has 0 spiro atoms. The van der Waals surface area contributed by atoms with Gasteiger partial charge in [-0.1, -0.05) is 96.0 Å². The van der Waals surface area contributed by atoms with Crippen molar-refractivity contribution in [3.05, 3.63) is 130 Å². The average molecular weight is 547 g/mol. The van der Waals surface area contributed by atoms with Gasteiger partial charge in [-0.05, 0) is 47.5 Å². The number of benzene rings is 4. The minimum Gasteiger partial charge on any atom is -0.318 e. The Balaban J connectivity index is 1.52. The molecule has 8 heteroatoms. The highest BCUT2D eigenvalue weighted by Crippen LogP contribution is 2.18. The Morgan fingerprint density at radius 2 is 0.947 bits per heavy atom.